The summed E-state index contributed by atoms with van der Waals surface area (Å²) in [5, 5.41) is 7.58. The number of fused-ring (bicyclic) bond motifs is 1. The summed E-state index contributed by atoms with van der Waals surface area (Å²) in [4.78, 5) is 4.67. The lowest BCUT2D eigenvalue weighted by molar-refractivity contribution is 0.349. The van der Waals surface area contributed by atoms with Crippen molar-refractivity contribution in [3.05, 3.63) is 47.1 Å². The van der Waals surface area contributed by atoms with Crippen molar-refractivity contribution >= 4 is 0 Å². The Bertz CT molecular complexity index is 593. The average molecular weight is 285 g/mol. The second-order valence-electron chi connectivity index (χ2n) is 5.84. The quantitative estimate of drug-likeness (QED) is 0.916. The zero-order chi connectivity index (χ0) is 14.7. The molecule has 2 aromatic rings. The highest BCUT2D eigenvalue weighted by atomic mass is 16.5. The summed E-state index contributed by atoms with van der Waals surface area (Å²) in [6.07, 6.45) is 3.46. The van der Waals surface area contributed by atoms with E-state index >= 15 is 0 Å². The van der Waals surface area contributed by atoms with Crippen LogP contribution >= 0.6 is 0 Å². The standard InChI is InChI=1S/C17H23N3O/c1-3-18-11-12(2)17-19-16(20-21-17)15-10-6-8-13-7-4-5-9-14(13)15/h4-5,7,9,12,15,18H,3,6,8,10-11H2,1-2H3. The summed E-state index contributed by atoms with van der Waals surface area (Å²) in [7, 11) is 0. The molecule has 0 amide bonds. The molecular formula is C17H23N3O. The molecule has 2 atom stereocenters. The van der Waals surface area contributed by atoms with E-state index in [1.807, 2.05) is 0 Å². The molecule has 0 saturated heterocycles. The number of aryl methyl sites for hydroxylation is 1. The maximum atomic E-state index is 5.49. The first-order valence-corrected chi connectivity index (χ1v) is 7.91. The maximum absolute atomic E-state index is 5.49. The Balaban J connectivity index is 1.81. The van der Waals surface area contributed by atoms with Gasteiger partial charge >= 0.3 is 0 Å². The second-order valence-corrected chi connectivity index (χ2v) is 5.84. The van der Waals surface area contributed by atoms with Gasteiger partial charge in [-0.1, -0.05) is 43.3 Å². The number of rotatable bonds is 5. The molecule has 3 rings (SSSR count). The Morgan fingerprint density at radius 2 is 2.24 bits per heavy atom. The zero-order valence-corrected chi connectivity index (χ0v) is 12.8. The van der Waals surface area contributed by atoms with Gasteiger partial charge < -0.3 is 9.84 Å². The fourth-order valence-electron chi connectivity index (χ4n) is 3.06. The molecule has 1 aliphatic rings. The molecule has 1 aliphatic carbocycles. The number of benzene rings is 1. The van der Waals surface area contributed by atoms with E-state index in [9.17, 15) is 0 Å². The highest BCUT2D eigenvalue weighted by molar-refractivity contribution is 5.36. The molecule has 21 heavy (non-hydrogen) atoms. The lowest BCUT2D eigenvalue weighted by Crippen LogP contribution is -2.19. The van der Waals surface area contributed by atoms with Crippen LogP contribution < -0.4 is 5.32 Å². The van der Waals surface area contributed by atoms with E-state index in [1.165, 1.54) is 17.5 Å². The third-order valence-corrected chi connectivity index (χ3v) is 4.26. The van der Waals surface area contributed by atoms with Crippen LogP contribution in [0.4, 0.5) is 0 Å². The molecule has 2 unspecified atom stereocenters. The zero-order valence-electron chi connectivity index (χ0n) is 12.8. The van der Waals surface area contributed by atoms with Gasteiger partial charge in [-0.05, 0) is 36.9 Å². The van der Waals surface area contributed by atoms with Crippen molar-refractivity contribution < 1.29 is 4.52 Å². The van der Waals surface area contributed by atoms with Crippen molar-refractivity contribution in [1.29, 1.82) is 0 Å². The third-order valence-electron chi connectivity index (χ3n) is 4.26. The van der Waals surface area contributed by atoms with Gasteiger partial charge in [-0.15, -0.1) is 0 Å². The van der Waals surface area contributed by atoms with E-state index in [0.717, 1.165) is 37.6 Å². The molecule has 0 saturated carbocycles. The van der Waals surface area contributed by atoms with Crippen LogP contribution in [0.2, 0.25) is 0 Å². The Kier molecular flexibility index (Phi) is 4.34. The van der Waals surface area contributed by atoms with Gasteiger partial charge in [0.05, 0.1) is 0 Å². The number of nitrogens with one attached hydrogen (secondary N) is 1. The molecule has 4 nitrogen and oxygen atoms in total. The fourth-order valence-corrected chi connectivity index (χ4v) is 3.06. The van der Waals surface area contributed by atoms with Gasteiger partial charge in [0.2, 0.25) is 5.89 Å². The molecule has 0 radical (unpaired) electrons. The first kappa shape index (κ1) is 14.3. The van der Waals surface area contributed by atoms with Gasteiger partial charge in [0.15, 0.2) is 5.82 Å². The minimum Gasteiger partial charge on any atom is -0.339 e. The minimum absolute atomic E-state index is 0.255. The Labute approximate surface area is 126 Å². The van der Waals surface area contributed by atoms with Crippen LogP contribution in [0.15, 0.2) is 28.8 Å². The van der Waals surface area contributed by atoms with Crippen molar-refractivity contribution in [2.24, 2.45) is 0 Å². The van der Waals surface area contributed by atoms with E-state index in [4.69, 9.17) is 4.52 Å². The van der Waals surface area contributed by atoms with Crippen molar-refractivity contribution in [3.8, 4) is 0 Å². The monoisotopic (exact) mass is 285 g/mol. The molecule has 112 valence electrons. The van der Waals surface area contributed by atoms with Gasteiger partial charge in [-0.2, -0.15) is 4.98 Å². The van der Waals surface area contributed by atoms with Crippen LogP contribution in [0.3, 0.4) is 0 Å². The van der Waals surface area contributed by atoms with Gasteiger partial charge in [0.25, 0.3) is 0 Å². The minimum atomic E-state index is 0.255. The summed E-state index contributed by atoms with van der Waals surface area (Å²) >= 11 is 0. The van der Waals surface area contributed by atoms with Crippen LogP contribution in [-0.2, 0) is 6.42 Å². The summed E-state index contributed by atoms with van der Waals surface area (Å²) in [6, 6.07) is 8.64. The van der Waals surface area contributed by atoms with Crippen LogP contribution in [0.25, 0.3) is 0 Å². The van der Waals surface area contributed by atoms with Crippen LogP contribution in [0, 0.1) is 0 Å². The second kappa shape index (κ2) is 6.39. The lowest BCUT2D eigenvalue weighted by Gasteiger charge is -2.22. The molecule has 1 aromatic heterocycles. The number of aromatic nitrogens is 2. The van der Waals surface area contributed by atoms with Crippen molar-refractivity contribution in [3.63, 3.8) is 0 Å². The van der Waals surface area contributed by atoms with Gasteiger partial charge in [0.1, 0.15) is 0 Å². The Hall–Kier alpha value is -1.68. The summed E-state index contributed by atoms with van der Waals surface area (Å²) in [5.74, 6) is 2.14. The van der Waals surface area contributed by atoms with Gasteiger partial charge in [-0.25, -0.2) is 0 Å². The number of hydrogen-bond acceptors (Lipinski definition) is 4. The highest BCUT2D eigenvalue weighted by Gasteiger charge is 2.26. The van der Waals surface area contributed by atoms with E-state index in [1.54, 1.807) is 0 Å². The number of nitrogens with zero attached hydrogens (tertiary/aromatic N) is 2. The Morgan fingerprint density at radius 1 is 1.38 bits per heavy atom. The van der Waals surface area contributed by atoms with E-state index in [0.29, 0.717) is 5.92 Å². The highest BCUT2D eigenvalue weighted by Crippen LogP contribution is 2.35. The average Bonchev–Trinajstić information content (AvgIpc) is 3.02. The predicted molar refractivity (Wildman–Crippen MR) is 82.5 cm³/mol. The number of hydrogen-bond donors (Lipinski definition) is 1. The SMILES string of the molecule is CCNCC(C)c1nc(C2CCCc3ccccc32)no1. The Morgan fingerprint density at radius 3 is 3.10 bits per heavy atom. The molecule has 1 heterocycles. The van der Waals surface area contributed by atoms with E-state index < -0.39 is 0 Å². The molecule has 0 spiro atoms. The molecule has 4 heteroatoms. The fraction of sp³-hybridized carbons (Fsp3) is 0.529. The largest absolute Gasteiger partial charge is 0.339 e. The van der Waals surface area contributed by atoms with Crippen LogP contribution in [0.5, 0.6) is 0 Å². The normalized spacial score (nSPS) is 19.2. The molecular weight excluding hydrogens is 262 g/mol. The van der Waals surface area contributed by atoms with Crippen LogP contribution in [-0.4, -0.2) is 23.2 Å². The van der Waals surface area contributed by atoms with Crippen molar-refractivity contribution in [2.45, 2.75) is 44.9 Å². The predicted octanol–water partition coefficient (Wildman–Crippen LogP) is 3.25. The molecule has 0 bridgehead atoms. The molecule has 1 aromatic carbocycles. The lowest BCUT2D eigenvalue weighted by atomic mass is 9.82. The van der Waals surface area contributed by atoms with Crippen molar-refractivity contribution in [2.75, 3.05) is 13.1 Å². The van der Waals surface area contributed by atoms with E-state index in [-0.39, 0.29) is 5.92 Å². The molecule has 0 fully saturated rings. The molecule has 0 aliphatic heterocycles. The summed E-state index contributed by atoms with van der Waals surface area (Å²) in [6.45, 7) is 6.06. The summed E-state index contributed by atoms with van der Waals surface area (Å²) in [5.41, 5.74) is 2.80. The van der Waals surface area contributed by atoms with Gasteiger partial charge in [-0.3, -0.25) is 0 Å². The number of likely N-dealkylation sites (N-methyl/N-ethyl adjacent to an activating group) is 1. The topological polar surface area (TPSA) is 51.0 Å². The maximum Gasteiger partial charge on any atom is 0.230 e. The van der Waals surface area contributed by atoms with Gasteiger partial charge in [0, 0.05) is 18.4 Å². The smallest absolute Gasteiger partial charge is 0.230 e. The van der Waals surface area contributed by atoms with E-state index in [2.05, 4.69) is 53.6 Å². The third kappa shape index (κ3) is 3.00. The molecule has 1 N–H and O–H groups in total. The van der Waals surface area contributed by atoms with Crippen LogP contribution in [0.1, 0.15) is 61.4 Å². The summed E-state index contributed by atoms with van der Waals surface area (Å²) < 4.78 is 5.49. The first-order valence-electron chi connectivity index (χ1n) is 7.91. The van der Waals surface area contributed by atoms with Crippen molar-refractivity contribution in [1.82, 2.24) is 15.5 Å². The first-order chi connectivity index (χ1) is 10.3.